The summed E-state index contributed by atoms with van der Waals surface area (Å²) >= 11 is 0. The van der Waals surface area contributed by atoms with Gasteiger partial charge in [-0.05, 0) is 48.2 Å². The van der Waals surface area contributed by atoms with E-state index in [0.717, 1.165) is 55.4 Å². The van der Waals surface area contributed by atoms with Crippen molar-refractivity contribution in [2.45, 2.75) is 13.3 Å². The van der Waals surface area contributed by atoms with Crippen molar-refractivity contribution in [1.82, 2.24) is 0 Å². The molecular formula is C19H24N2O2. The largest absolute Gasteiger partial charge is 0.496 e. The molecule has 4 nitrogen and oxygen atoms in total. The van der Waals surface area contributed by atoms with Crippen molar-refractivity contribution in [2.75, 3.05) is 44.0 Å². The van der Waals surface area contributed by atoms with Gasteiger partial charge in [0.2, 0.25) is 0 Å². The van der Waals surface area contributed by atoms with E-state index in [4.69, 9.17) is 15.2 Å². The van der Waals surface area contributed by atoms with Crippen LogP contribution in [0.2, 0.25) is 0 Å². The summed E-state index contributed by atoms with van der Waals surface area (Å²) in [6.45, 7) is 5.42. The lowest BCUT2D eigenvalue weighted by molar-refractivity contribution is 0.123. The van der Waals surface area contributed by atoms with E-state index in [1.807, 2.05) is 6.07 Å². The van der Waals surface area contributed by atoms with Crippen LogP contribution in [0.5, 0.6) is 5.75 Å². The number of rotatable bonds is 4. The molecule has 1 saturated heterocycles. The standard InChI is InChI=1S/C19H24N2O2/c1-14-11-15(4-6-19(14)22-2)12-16-3-5-18(17(20)13-16)21-7-9-23-10-8-21/h3-6,11,13H,7-10,12,20H2,1-2H3. The van der Waals surface area contributed by atoms with Gasteiger partial charge in [-0.1, -0.05) is 18.2 Å². The SMILES string of the molecule is COc1ccc(Cc2ccc(N3CCOCC3)c(N)c2)cc1C. The van der Waals surface area contributed by atoms with E-state index < -0.39 is 0 Å². The van der Waals surface area contributed by atoms with Gasteiger partial charge in [-0.2, -0.15) is 0 Å². The number of hydrogen-bond donors (Lipinski definition) is 1. The third-order valence-electron chi connectivity index (χ3n) is 4.31. The quantitative estimate of drug-likeness (QED) is 0.882. The molecule has 0 atom stereocenters. The average molecular weight is 312 g/mol. The highest BCUT2D eigenvalue weighted by atomic mass is 16.5. The van der Waals surface area contributed by atoms with Crippen LogP contribution < -0.4 is 15.4 Å². The fraction of sp³-hybridized carbons (Fsp3) is 0.368. The van der Waals surface area contributed by atoms with Crippen molar-refractivity contribution < 1.29 is 9.47 Å². The summed E-state index contributed by atoms with van der Waals surface area (Å²) < 4.78 is 10.7. The Bertz CT molecular complexity index is 679. The molecule has 0 aromatic heterocycles. The third-order valence-corrected chi connectivity index (χ3v) is 4.31. The summed E-state index contributed by atoms with van der Waals surface area (Å²) in [7, 11) is 1.70. The number of nitrogen functional groups attached to an aromatic ring is 1. The van der Waals surface area contributed by atoms with Gasteiger partial charge >= 0.3 is 0 Å². The molecule has 0 spiro atoms. The van der Waals surface area contributed by atoms with E-state index in [0.29, 0.717) is 0 Å². The number of anilines is 2. The van der Waals surface area contributed by atoms with Crippen LogP contribution in [-0.2, 0) is 11.2 Å². The second kappa shape index (κ2) is 6.92. The lowest BCUT2D eigenvalue weighted by Gasteiger charge is -2.30. The lowest BCUT2D eigenvalue weighted by Crippen LogP contribution is -2.36. The summed E-state index contributed by atoms with van der Waals surface area (Å²) in [5, 5.41) is 0. The van der Waals surface area contributed by atoms with Crippen LogP contribution in [-0.4, -0.2) is 33.4 Å². The minimum absolute atomic E-state index is 0.770. The summed E-state index contributed by atoms with van der Waals surface area (Å²) in [6.07, 6.45) is 0.873. The van der Waals surface area contributed by atoms with Gasteiger partial charge in [0.05, 0.1) is 31.7 Å². The van der Waals surface area contributed by atoms with Crippen LogP contribution in [0.15, 0.2) is 36.4 Å². The molecule has 1 aliphatic rings. The minimum Gasteiger partial charge on any atom is -0.496 e. The Morgan fingerprint density at radius 1 is 1.09 bits per heavy atom. The Kier molecular flexibility index (Phi) is 4.72. The number of methoxy groups -OCH3 is 1. The molecule has 2 aromatic carbocycles. The van der Waals surface area contributed by atoms with Gasteiger partial charge in [-0.25, -0.2) is 0 Å². The highest BCUT2D eigenvalue weighted by molar-refractivity contribution is 5.68. The summed E-state index contributed by atoms with van der Waals surface area (Å²) in [4.78, 5) is 2.29. The fourth-order valence-electron chi connectivity index (χ4n) is 3.09. The van der Waals surface area contributed by atoms with Crippen molar-refractivity contribution in [3.8, 4) is 5.75 Å². The van der Waals surface area contributed by atoms with Gasteiger partial charge in [-0.3, -0.25) is 0 Å². The molecule has 2 N–H and O–H groups in total. The van der Waals surface area contributed by atoms with Crippen LogP contribution in [0, 0.1) is 6.92 Å². The van der Waals surface area contributed by atoms with Crippen LogP contribution in [0.3, 0.4) is 0 Å². The smallest absolute Gasteiger partial charge is 0.121 e. The molecule has 0 amide bonds. The third kappa shape index (κ3) is 3.59. The molecule has 0 saturated carbocycles. The predicted molar refractivity (Wildman–Crippen MR) is 94.4 cm³/mol. The van der Waals surface area contributed by atoms with Crippen molar-refractivity contribution in [3.63, 3.8) is 0 Å². The Hall–Kier alpha value is -2.20. The van der Waals surface area contributed by atoms with E-state index >= 15 is 0 Å². The number of morpholine rings is 1. The van der Waals surface area contributed by atoms with E-state index in [1.54, 1.807) is 7.11 Å². The molecule has 23 heavy (non-hydrogen) atoms. The zero-order valence-corrected chi connectivity index (χ0v) is 13.8. The van der Waals surface area contributed by atoms with Crippen LogP contribution >= 0.6 is 0 Å². The topological polar surface area (TPSA) is 47.7 Å². The maximum Gasteiger partial charge on any atom is 0.121 e. The summed E-state index contributed by atoms with van der Waals surface area (Å²) in [6, 6.07) is 12.7. The number of hydrogen-bond acceptors (Lipinski definition) is 4. The molecule has 0 bridgehead atoms. The van der Waals surface area contributed by atoms with Crippen molar-refractivity contribution >= 4 is 11.4 Å². The monoisotopic (exact) mass is 312 g/mol. The van der Waals surface area contributed by atoms with E-state index in [2.05, 4.69) is 42.2 Å². The number of aryl methyl sites for hydroxylation is 1. The van der Waals surface area contributed by atoms with Crippen molar-refractivity contribution in [1.29, 1.82) is 0 Å². The Labute approximate surface area is 137 Å². The van der Waals surface area contributed by atoms with Crippen LogP contribution in [0.25, 0.3) is 0 Å². The maximum absolute atomic E-state index is 6.28. The molecular weight excluding hydrogens is 288 g/mol. The average Bonchev–Trinajstić information content (AvgIpc) is 2.56. The van der Waals surface area contributed by atoms with Gasteiger partial charge in [0.25, 0.3) is 0 Å². The molecule has 4 heteroatoms. The molecule has 2 aromatic rings. The Morgan fingerprint density at radius 2 is 1.78 bits per heavy atom. The first-order valence-electron chi connectivity index (χ1n) is 8.02. The zero-order valence-electron chi connectivity index (χ0n) is 13.8. The Balaban J connectivity index is 1.76. The van der Waals surface area contributed by atoms with Crippen molar-refractivity contribution in [3.05, 3.63) is 53.1 Å². The number of nitrogens with two attached hydrogens (primary N) is 1. The molecule has 1 fully saturated rings. The summed E-state index contributed by atoms with van der Waals surface area (Å²) in [5.74, 6) is 0.927. The molecule has 0 radical (unpaired) electrons. The minimum atomic E-state index is 0.770. The van der Waals surface area contributed by atoms with E-state index in [1.165, 1.54) is 11.1 Å². The van der Waals surface area contributed by atoms with Crippen LogP contribution in [0.1, 0.15) is 16.7 Å². The van der Waals surface area contributed by atoms with Crippen LogP contribution in [0.4, 0.5) is 11.4 Å². The number of benzene rings is 2. The maximum atomic E-state index is 6.28. The van der Waals surface area contributed by atoms with E-state index in [9.17, 15) is 0 Å². The molecule has 1 heterocycles. The molecule has 0 unspecified atom stereocenters. The highest BCUT2D eigenvalue weighted by Gasteiger charge is 2.14. The second-order valence-electron chi connectivity index (χ2n) is 5.97. The predicted octanol–water partition coefficient (Wildman–Crippen LogP) is 3.01. The highest BCUT2D eigenvalue weighted by Crippen LogP contribution is 2.27. The molecule has 122 valence electrons. The van der Waals surface area contributed by atoms with Gasteiger partial charge in [0.1, 0.15) is 5.75 Å². The zero-order chi connectivity index (χ0) is 16.2. The van der Waals surface area contributed by atoms with E-state index in [-0.39, 0.29) is 0 Å². The first-order valence-corrected chi connectivity index (χ1v) is 8.02. The number of nitrogens with zero attached hydrogens (tertiary/aromatic N) is 1. The second-order valence-corrected chi connectivity index (χ2v) is 5.97. The summed E-state index contributed by atoms with van der Waals surface area (Å²) in [5.41, 5.74) is 11.9. The molecule has 3 rings (SSSR count). The fourth-order valence-corrected chi connectivity index (χ4v) is 3.09. The lowest BCUT2D eigenvalue weighted by atomic mass is 10.0. The molecule has 0 aliphatic carbocycles. The first-order chi connectivity index (χ1) is 11.2. The van der Waals surface area contributed by atoms with Gasteiger partial charge in [0.15, 0.2) is 0 Å². The van der Waals surface area contributed by atoms with Gasteiger partial charge in [0, 0.05) is 13.1 Å². The Morgan fingerprint density at radius 3 is 2.43 bits per heavy atom. The van der Waals surface area contributed by atoms with Gasteiger partial charge in [-0.15, -0.1) is 0 Å². The number of ether oxygens (including phenoxy) is 2. The van der Waals surface area contributed by atoms with Gasteiger partial charge < -0.3 is 20.1 Å². The molecule has 1 aliphatic heterocycles. The first kappa shape index (κ1) is 15.7. The van der Waals surface area contributed by atoms with Crippen molar-refractivity contribution in [2.24, 2.45) is 0 Å². The normalized spacial score (nSPS) is 14.8.